The topological polar surface area (TPSA) is 70.2 Å². The molecule has 1 heterocycles. The zero-order valence-electron chi connectivity index (χ0n) is 15.4. The predicted molar refractivity (Wildman–Crippen MR) is 105 cm³/mol. The van der Waals surface area contributed by atoms with Crippen LogP contribution >= 0.6 is 11.6 Å². The molecule has 2 N–H and O–H groups in total. The fourth-order valence-electron chi connectivity index (χ4n) is 3.17. The van der Waals surface area contributed by atoms with Gasteiger partial charge >= 0.3 is 0 Å². The third-order valence-electron chi connectivity index (χ3n) is 4.67. The van der Waals surface area contributed by atoms with Crippen LogP contribution in [-0.4, -0.2) is 42.1 Å². The van der Waals surface area contributed by atoms with Crippen LogP contribution in [0, 0.1) is 5.82 Å². The molecular formula is C19H23ClFN5O. The smallest absolute Gasteiger partial charge is 0.253 e. The molecule has 1 fully saturated rings. The molecule has 0 unspecified atom stereocenters. The number of hydrogen-bond donors (Lipinski definition) is 2. The molecule has 0 saturated heterocycles. The lowest BCUT2D eigenvalue weighted by Crippen LogP contribution is -2.40. The summed E-state index contributed by atoms with van der Waals surface area (Å²) in [5.41, 5.74) is 0.298. The molecule has 0 radical (unpaired) electrons. The summed E-state index contributed by atoms with van der Waals surface area (Å²) >= 11 is 5.96. The SMILES string of the molecule is CN(C)c1ccnc(N[C@H]2CC[C@@H](NC(=O)c3ccc(F)cc3Cl)CC2)n1. The Morgan fingerprint density at radius 2 is 1.89 bits per heavy atom. The van der Waals surface area contributed by atoms with Gasteiger partial charge in [-0.05, 0) is 49.9 Å². The number of rotatable bonds is 5. The Labute approximate surface area is 163 Å². The van der Waals surface area contributed by atoms with Gasteiger partial charge < -0.3 is 15.5 Å². The molecule has 1 aromatic heterocycles. The molecule has 1 aliphatic carbocycles. The zero-order valence-corrected chi connectivity index (χ0v) is 16.1. The summed E-state index contributed by atoms with van der Waals surface area (Å²) in [4.78, 5) is 23.0. The van der Waals surface area contributed by atoms with Crippen LogP contribution in [0.2, 0.25) is 5.02 Å². The van der Waals surface area contributed by atoms with Gasteiger partial charge in [-0.2, -0.15) is 4.98 Å². The standard InChI is InChI=1S/C19H23ClFN5O/c1-26(2)17-9-10-22-19(25-17)24-14-6-4-13(5-7-14)23-18(27)15-8-3-12(21)11-16(15)20/h3,8-11,13-14H,4-7H2,1-2H3,(H,23,27)(H,22,24,25)/t13-,14+. The maximum absolute atomic E-state index is 13.1. The first-order valence-corrected chi connectivity index (χ1v) is 9.33. The lowest BCUT2D eigenvalue weighted by molar-refractivity contribution is 0.0926. The van der Waals surface area contributed by atoms with E-state index in [9.17, 15) is 9.18 Å². The normalized spacial score (nSPS) is 19.4. The van der Waals surface area contributed by atoms with E-state index in [0.29, 0.717) is 11.5 Å². The number of anilines is 2. The van der Waals surface area contributed by atoms with Crippen molar-refractivity contribution in [3.8, 4) is 0 Å². The van der Waals surface area contributed by atoms with Crippen LogP contribution < -0.4 is 15.5 Å². The monoisotopic (exact) mass is 391 g/mol. The number of amides is 1. The molecule has 1 aliphatic rings. The molecule has 27 heavy (non-hydrogen) atoms. The van der Waals surface area contributed by atoms with Gasteiger partial charge in [0.2, 0.25) is 5.95 Å². The van der Waals surface area contributed by atoms with Crippen molar-refractivity contribution in [2.45, 2.75) is 37.8 Å². The summed E-state index contributed by atoms with van der Waals surface area (Å²) in [6, 6.07) is 6.01. The number of halogens is 2. The van der Waals surface area contributed by atoms with Gasteiger partial charge in [0.1, 0.15) is 11.6 Å². The molecule has 0 bridgehead atoms. The molecule has 1 saturated carbocycles. The van der Waals surface area contributed by atoms with Crippen molar-refractivity contribution in [1.82, 2.24) is 15.3 Å². The Hall–Kier alpha value is -2.41. The Bertz CT molecular complexity index is 808. The molecule has 6 nitrogen and oxygen atoms in total. The number of nitrogens with one attached hydrogen (secondary N) is 2. The van der Waals surface area contributed by atoms with Crippen molar-refractivity contribution in [2.24, 2.45) is 0 Å². The van der Waals surface area contributed by atoms with Crippen molar-refractivity contribution in [2.75, 3.05) is 24.3 Å². The zero-order chi connectivity index (χ0) is 19.4. The summed E-state index contributed by atoms with van der Waals surface area (Å²) < 4.78 is 13.1. The minimum absolute atomic E-state index is 0.0747. The van der Waals surface area contributed by atoms with Crippen molar-refractivity contribution in [1.29, 1.82) is 0 Å². The summed E-state index contributed by atoms with van der Waals surface area (Å²) in [6.45, 7) is 0. The van der Waals surface area contributed by atoms with E-state index in [-0.39, 0.29) is 23.0 Å². The van der Waals surface area contributed by atoms with Crippen LogP contribution in [0.5, 0.6) is 0 Å². The quantitative estimate of drug-likeness (QED) is 0.816. The van der Waals surface area contributed by atoms with Gasteiger partial charge in [-0.3, -0.25) is 4.79 Å². The average Bonchev–Trinajstić information content (AvgIpc) is 2.63. The molecule has 3 rings (SSSR count). The minimum Gasteiger partial charge on any atom is -0.363 e. The van der Waals surface area contributed by atoms with Gasteiger partial charge in [0.25, 0.3) is 5.91 Å². The average molecular weight is 392 g/mol. The van der Waals surface area contributed by atoms with E-state index >= 15 is 0 Å². The first-order valence-electron chi connectivity index (χ1n) is 8.95. The molecule has 1 amide bonds. The Morgan fingerprint density at radius 1 is 1.19 bits per heavy atom. The van der Waals surface area contributed by atoms with E-state index in [1.54, 1.807) is 6.20 Å². The second kappa shape index (κ2) is 8.52. The second-order valence-corrected chi connectivity index (χ2v) is 7.33. The van der Waals surface area contributed by atoms with Crippen LogP contribution in [0.25, 0.3) is 0 Å². The summed E-state index contributed by atoms with van der Waals surface area (Å²) in [5, 5.41) is 6.49. The number of aromatic nitrogens is 2. The second-order valence-electron chi connectivity index (χ2n) is 6.92. The number of nitrogens with zero attached hydrogens (tertiary/aromatic N) is 3. The van der Waals surface area contributed by atoms with Crippen LogP contribution in [0.1, 0.15) is 36.0 Å². The van der Waals surface area contributed by atoms with E-state index in [0.717, 1.165) is 37.6 Å². The molecule has 1 aromatic carbocycles. The molecule has 2 aromatic rings. The fourth-order valence-corrected chi connectivity index (χ4v) is 3.42. The fraction of sp³-hybridized carbons (Fsp3) is 0.421. The largest absolute Gasteiger partial charge is 0.363 e. The van der Waals surface area contributed by atoms with E-state index < -0.39 is 5.82 Å². The lowest BCUT2D eigenvalue weighted by Gasteiger charge is -2.30. The van der Waals surface area contributed by atoms with E-state index in [2.05, 4.69) is 20.6 Å². The van der Waals surface area contributed by atoms with E-state index in [1.807, 2.05) is 25.1 Å². The highest BCUT2D eigenvalue weighted by atomic mass is 35.5. The van der Waals surface area contributed by atoms with Crippen molar-refractivity contribution in [3.05, 3.63) is 46.9 Å². The van der Waals surface area contributed by atoms with Crippen molar-refractivity contribution < 1.29 is 9.18 Å². The lowest BCUT2D eigenvalue weighted by atomic mass is 9.91. The summed E-state index contributed by atoms with van der Waals surface area (Å²) in [7, 11) is 3.88. The van der Waals surface area contributed by atoms with Gasteiger partial charge in [-0.15, -0.1) is 0 Å². The van der Waals surface area contributed by atoms with Gasteiger partial charge in [0.15, 0.2) is 0 Å². The van der Waals surface area contributed by atoms with Gasteiger partial charge in [-0.1, -0.05) is 11.6 Å². The predicted octanol–water partition coefficient (Wildman–Crippen LogP) is 3.49. The van der Waals surface area contributed by atoms with Gasteiger partial charge in [-0.25, -0.2) is 9.37 Å². The molecule has 0 atom stereocenters. The molecule has 144 valence electrons. The van der Waals surface area contributed by atoms with Gasteiger partial charge in [0.05, 0.1) is 10.6 Å². The number of hydrogen-bond acceptors (Lipinski definition) is 5. The number of carbonyl (C=O) groups excluding carboxylic acids is 1. The van der Waals surface area contributed by atoms with Crippen LogP contribution in [0.3, 0.4) is 0 Å². The number of carbonyl (C=O) groups is 1. The van der Waals surface area contributed by atoms with Crippen LogP contribution in [0.4, 0.5) is 16.2 Å². The van der Waals surface area contributed by atoms with E-state index in [1.165, 1.54) is 12.1 Å². The van der Waals surface area contributed by atoms with Crippen LogP contribution in [0.15, 0.2) is 30.5 Å². The van der Waals surface area contributed by atoms with Crippen LogP contribution in [-0.2, 0) is 0 Å². The molecule has 0 spiro atoms. The Morgan fingerprint density at radius 3 is 2.56 bits per heavy atom. The Kier molecular flexibility index (Phi) is 6.11. The maximum atomic E-state index is 13.1. The highest BCUT2D eigenvalue weighted by molar-refractivity contribution is 6.33. The first-order chi connectivity index (χ1) is 12.9. The third-order valence-corrected chi connectivity index (χ3v) is 4.98. The molecule has 8 heteroatoms. The summed E-state index contributed by atoms with van der Waals surface area (Å²) in [6.07, 6.45) is 5.23. The Balaban J connectivity index is 1.51. The molecule has 0 aliphatic heterocycles. The molecular weight excluding hydrogens is 369 g/mol. The van der Waals surface area contributed by atoms with Crippen molar-refractivity contribution in [3.63, 3.8) is 0 Å². The van der Waals surface area contributed by atoms with Crippen molar-refractivity contribution >= 4 is 29.3 Å². The minimum atomic E-state index is -0.455. The highest BCUT2D eigenvalue weighted by Crippen LogP contribution is 2.23. The first kappa shape index (κ1) is 19.4. The van der Waals surface area contributed by atoms with Gasteiger partial charge in [0, 0.05) is 32.4 Å². The highest BCUT2D eigenvalue weighted by Gasteiger charge is 2.24. The summed E-state index contributed by atoms with van der Waals surface area (Å²) in [5.74, 6) is 0.749. The number of benzene rings is 1. The van der Waals surface area contributed by atoms with E-state index in [4.69, 9.17) is 11.6 Å². The maximum Gasteiger partial charge on any atom is 0.253 e. The third kappa shape index (κ3) is 5.07.